The molecule has 1 aromatic heterocycles. The molecule has 168 valence electrons. The van der Waals surface area contributed by atoms with E-state index >= 15 is 0 Å². The molecular formula is C25H31N5O2. The van der Waals surface area contributed by atoms with Gasteiger partial charge in [-0.1, -0.05) is 18.2 Å². The maximum Gasteiger partial charge on any atom is 0.253 e. The molecule has 0 N–H and O–H groups in total. The fraction of sp³-hybridized carbons (Fsp3) is 0.400. The van der Waals surface area contributed by atoms with Crippen LogP contribution in [0.5, 0.6) is 5.75 Å². The number of amides is 1. The van der Waals surface area contributed by atoms with E-state index in [-0.39, 0.29) is 5.91 Å². The van der Waals surface area contributed by atoms with Crippen molar-refractivity contribution in [1.82, 2.24) is 14.9 Å². The molecule has 4 rings (SSSR count). The van der Waals surface area contributed by atoms with Crippen molar-refractivity contribution >= 4 is 28.6 Å². The minimum absolute atomic E-state index is 0.0368. The minimum Gasteiger partial charge on any atom is -0.492 e. The average Bonchev–Trinajstić information content (AvgIpc) is 2.83. The summed E-state index contributed by atoms with van der Waals surface area (Å²) in [5.41, 5.74) is 1.58. The summed E-state index contributed by atoms with van der Waals surface area (Å²) >= 11 is 0. The Morgan fingerprint density at radius 3 is 2.56 bits per heavy atom. The van der Waals surface area contributed by atoms with Gasteiger partial charge < -0.3 is 19.4 Å². The predicted octanol–water partition coefficient (Wildman–Crippen LogP) is 3.84. The molecular weight excluding hydrogens is 402 g/mol. The van der Waals surface area contributed by atoms with Crippen molar-refractivity contribution in [2.75, 3.05) is 57.2 Å². The predicted molar refractivity (Wildman–Crippen MR) is 129 cm³/mol. The lowest BCUT2D eigenvalue weighted by atomic mass is 10.1. The van der Waals surface area contributed by atoms with Crippen LogP contribution in [0.3, 0.4) is 0 Å². The molecule has 3 aromatic rings. The number of nitrogens with zero attached hydrogens (tertiary/aromatic N) is 5. The second-order valence-electron chi connectivity index (χ2n) is 8.41. The lowest BCUT2D eigenvalue weighted by molar-refractivity contribution is 0.0827. The van der Waals surface area contributed by atoms with Gasteiger partial charge in [-0.3, -0.25) is 4.79 Å². The van der Waals surface area contributed by atoms with Gasteiger partial charge in [0, 0.05) is 45.2 Å². The van der Waals surface area contributed by atoms with Crippen molar-refractivity contribution in [3.05, 3.63) is 54.1 Å². The summed E-state index contributed by atoms with van der Waals surface area (Å²) in [5, 5.41) is 1.04. The van der Waals surface area contributed by atoms with Gasteiger partial charge in [0.25, 0.3) is 5.91 Å². The van der Waals surface area contributed by atoms with Crippen LogP contribution >= 0.6 is 0 Å². The topological polar surface area (TPSA) is 61.8 Å². The van der Waals surface area contributed by atoms with Crippen molar-refractivity contribution in [3.8, 4) is 5.75 Å². The van der Waals surface area contributed by atoms with Crippen molar-refractivity contribution in [3.63, 3.8) is 0 Å². The van der Waals surface area contributed by atoms with Gasteiger partial charge in [-0.05, 0) is 49.6 Å². The van der Waals surface area contributed by atoms with Gasteiger partial charge in [0.05, 0.1) is 12.1 Å². The van der Waals surface area contributed by atoms with Crippen LogP contribution in [-0.2, 0) is 0 Å². The fourth-order valence-electron chi connectivity index (χ4n) is 3.96. The number of aromatic nitrogens is 2. The van der Waals surface area contributed by atoms with E-state index in [1.165, 1.54) is 19.3 Å². The number of benzene rings is 2. The number of likely N-dealkylation sites (N-methyl/N-ethyl adjacent to an activating group) is 1. The zero-order valence-corrected chi connectivity index (χ0v) is 19.1. The van der Waals surface area contributed by atoms with E-state index in [1.807, 2.05) is 37.4 Å². The lowest BCUT2D eigenvalue weighted by Gasteiger charge is -2.28. The largest absolute Gasteiger partial charge is 0.492 e. The van der Waals surface area contributed by atoms with E-state index in [4.69, 9.17) is 14.7 Å². The van der Waals surface area contributed by atoms with Gasteiger partial charge in [-0.2, -0.15) is 4.98 Å². The Kier molecular flexibility index (Phi) is 6.73. The third kappa shape index (κ3) is 4.93. The van der Waals surface area contributed by atoms with Gasteiger partial charge in [-0.15, -0.1) is 0 Å². The highest BCUT2D eigenvalue weighted by Gasteiger charge is 2.18. The molecule has 2 aromatic carbocycles. The summed E-state index contributed by atoms with van der Waals surface area (Å²) in [4.78, 5) is 27.9. The fourth-order valence-corrected chi connectivity index (χ4v) is 3.96. The molecule has 0 unspecified atom stereocenters. The molecule has 0 bridgehead atoms. The Balaban J connectivity index is 1.48. The first-order chi connectivity index (χ1) is 15.5. The number of fused-ring (bicyclic) bond motifs is 1. The minimum atomic E-state index is -0.0368. The second kappa shape index (κ2) is 9.85. The van der Waals surface area contributed by atoms with Gasteiger partial charge in [0.15, 0.2) is 0 Å². The molecule has 0 radical (unpaired) electrons. The van der Waals surface area contributed by atoms with E-state index in [1.54, 1.807) is 31.1 Å². The van der Waals surface area contributed by atoms with Crippen LogP contribution in [0.15, 0.2) is 48.5 Å². The molecule has 7 nitrogen and oxygen atoms in total. The number of para-hydroxylation sites is 1. The zero-order chi connectivity index (χ0) is 22.5. The molecule has 1 fully saturated rings. The van der Waals surface area contributed by atoms with Crippen LogP contribution < -0.4 is 14.5 Å². The summed E-state index contributed by atoms with van der Waals surface area (Å²) in [7, 11) is 5.52. The first kappa shape index (κ1) is 21.9. The summed E-state index contributed by atoms with van der Waals surface area (Å²) < 4.78 is 5.96. The molecule has 1 amide bonds. The first-order valence-electron chi connectivity index (χ1n) is 11.2. The van der Waals surface area contributed by atoms with Crippen LogP contribution in [-0.4, -0.2) is 68.2 Å². The van der Waals surface area contributed by atoms with Gasteiger partial charge in [-0.25, -0.2) is 4.98 Å². The zero-order valence-electron chi connectivity index (χ0n) is 19.1. The van der Waals surface area contributed by atoms with E-state index in [2.05, 4.69) is 15.9 Å². The Labute approximate surface area is 189 Å². The normalized spacial score (nSPS) is 13.8. The highest BCUT2D eigenvalue weighted by Crippen LogP contribution is 2.27. The molecule has 0 spiro atoms. The first-order valence-corrected chi connectivity index (χ1v) is 11.2. The van der Waals surface area contributed by atoms with Crippen LogP contribution in [0, 0.1) is 0 Å². The number of piperidine rings is 1. The van der Waals surface area contributed by atoms with Crippen molar-refractivity contribution < 1.29 is 9.53 Å². The second-order valence-corrected chi connectivity index (χ2v) is 8.41. The van der Waals surface area contributed by atoms with Crippen LogP contribution in [0.1, 0.15) is 29.6 Å². The SMILES string of the molecule is CN(C)C(=O)c1cccc(OCCN(C)c2nc(N3CCCCC3)nc3ccccc23)c1. The maximum absolute atomic E-state index is 12.2. The monoisotopic (exact) mass is 433 g/mol. The number of rotatable bonds is 7. The van der Waals surface area contributed by atoms with E-state index in [0.717, 1.165) is 35.8 Å². The molecule has 0 aliphatic carbocycles. The molecule has 32 heavy (non-hydrogen) atoms. The van der Waals surface area contributed by atoms with Gasteiger partial charge in [0.2, 0.25) is 5.95 Å². The van der Waals surface area contributed by atoms with Crippen molar-refractivity contribution in [1.29, 1.82) is 0 Å². The average molecular weight is 434 g/mol. The van der Waals surface area contributed by atoms with Crippen LogP contribution in [0.4, 0.5) is 11.8 Å². The number of hydrogen-bond acceptors (Lipinski definition) is 6. The summed E-state index contributed by atoms with van der Waals surface area (Å²) in [6.45, 7) is 3.15. The summed E-state index contributed by atoms with van der Waals surface area (Å²) in [6.07, 6.45) is 3.64. The molecule has 0 atom stereocenters. The third-order valence-electron chi connectivity index (χ3n) is 5.75. The number of anilines is 2. The summed E-state index contributed by atoms with van der Waals surface area (Å²) in [6, 6.07) is 15.5. The molecule has 2 heterocycles. The molecule has 1 saturated heterocycles. The highest BCUT2D eigenvalue weighted by molar-refractivity contribution is 5.94. The smallest absolute Gasteiger partial charge is 0.253 e. The molecule has 7 heteroatoms. The van der Waals surface area contributed by atoms with E-state index < -0.39 is 0 Å². The molecule has 1 aliphatic heterocycles. The van der Waals surface area contributed by atoms with Crippen molar-refractivity contribution in [2.24, 2.45) is 0 Å². The van der Waals surface area contributed by atoms with Gasteiger partial charge >= 0.3 is 0 Å². The maximum atomic E-state index is 12.2. The molecule has 0 saturated carbocycles. The summed E-state index contributed by atoms with van der Waals surface area (Å²) in [5.74, 6) is 2.37. The van der Waals surface area contributed by atoms with Crippen LogP contribution in [0.2, 0.25) is 0 Å². The third-order valence-corrected chi connectivity index (χ3v) is 5.75. The van der Waals surface area contributed by atoms with Gasteiger partial charge in [0.1, 0.15) is 18.2 Å². The lowest BCUT2D eigenvalue weighted by Crippen LogP contribution is -2.32. The number of carbonyl (C=O) groups is 1. The number of carbonyl (C=O) groups excluding carboxylic acids is 1. The Morgan fingerprint density at radius 2 is 1.78 bits per heavy atom. The molecule has 1 aliphatic rings. The number of hydrogen-bond donors (Lipinski definition) is 0. The van der Waals surface area contributed by atoms with E-state index in [9.17, 15) is 4.79 Å². The highest BCUT2D eigenvalue weighted by atomic mass is 16.5. The standard InChI is InChI=1S/C25H31N5O2/c1-28(2)24(31)19-10-9-11-20(18-19)32-17-16-29(3)23-21-12-5-6-13-22(21)26-25(27-23)30-14-7-4-8-15-30/h5-6,9-13,18H,4,7-8,14-17H2,1-3H3. The van der Waals surface area contributed by atoms with Crippen molar-refractivity contribution in [2.45, 2.75) is 19.3 Å². The van der Waals surface area contributed by atoms with E-state index in [0.29, 0.717) is 24.5 Å². The Morgan fingerprint density at radius 1 is 1.00 bits per heavy atom. The van der Waals surface area contributed by atoms with Crippen LogP contribution in [0.25, 0.3) is 10.9 Å². The Hall–Kier alpha value is -3.35. The Bertz CT molecular complexity index is 1080. The number of ether oxygens (including phenoxy) is 1. The quantitative estimate of drug-likeness (QED) is 0.564.